The summed E-state index contributed by atoms with van der Waals surface area (Å²) in [6.07, 6.45) is 3.75. The van der Waals surface area contributed by atoms with Crippen molar-refractivity contribution in [1.29, 1.82) is 0 Å². The van der Waals surface area contributed by atoms with Gasteiger partial charge < -0.3 is 9.32 Å². The number of aldehydes is 1. The molecule has 0 aliphatic carbocycles. The predicted octanol–water partition coefficient (Wildman–Crippen LogP) is 1.17. The van der Waals surface area contributed by atoms with E-state index in [0.717, 1.165) is 19.4 Å². The molecule has 15 heavy (non-hydrogen) atoms. The van der Waals surface area contributed by atoms with E-state index in [1.54, 1.807) is 4.90 Å². The average Bonchev–Trinajstić information content (AvgIpc) is 2.85. The average molecular weight is 208 g/mol. The molecule has 0 spiro atoms. The second-order valence-electron chi connectivity index (χ2n) is 3.60. The zero-order valence-electron chi connectivity index (χ0n) is 8.47. The molecule has 5 nitrogen and oxygen atoms in total. The fourth-order valence-electron chi connectivity index (χ4n) is 1.91. The zero-order valence-corrected chi connectivity index (χ0v) is 8.47. The van der Waals surface area contributed by atoms with Crippen LogP contribution in [0, 0.1) is 0 Å². The molecule has 0 N–H and O–H groups in total. The van der Waals surface area contributed by atoms with Crippen LogP contribution in [-0.2, 0) is 4.79 Å². The summed E-state index contributed by atoms with van der Waals surface area (Å²) in [5.41, 5.74) is 0.278. The van der Waals surface area contributed by atoms with E-state index in [0.29, 0.717) is 12.2 Å². The molecule has 0 radical (unpaired) electrons. The summed E-state index contributed by atoms with van der Waals surface area (Å²) in [7, 11) is 0. The highest BCUT2D eigenvalue weighted by atomic mass is 16.3. The molecule has 0 unspecified atom stereocenters. The van der Waals surface area contributed by atoms with Gasteiger partial charge in [-0.1, -0.05) is 0 Å². The zero-order chi connectivity index (χ0) is 10.8. The summed E-state index contributed by atoms with van der Waals surface area (Å²) >= 11 is 0. The van der Waals surface area contributed by atoms with Crippen LogP contribution >= 0.6 is 0 Å². The predicted molar refractivity (Wildman–Crippen MR) is 51.3 cm³/mol. The minimum absolute atomic E-state index is 0.0170. The molecule has 0 aromatic carbocycles. The van der Waals surface area contributed by atoms with E-state index in [9.17, 15) is 9.59 Å². The van der Waals surface area contributed by atoms with E-state index in [1.165, 1.54) is 13.2 Å². The summed E-state index contributed by atoms with van der Waals surface area (Å²) < 4.78 is 5.18. The summed E-state index contributed by atoms with van der Waals surface area (Å²) in [5, 5.41) is 0. The highest BCUT2D eigenvalue weighted by molar-refractivity contribution is 5.74. The third-order valence-electron chi connectivity index (χ3n) is 2.60. The highest BCUT2D eigenvalue weighted by Gasteiger charge is 2.31. The first-order valence-electron chi connectivity index (χ1n) is 4.90. The monoisotopic (exact) mass is 208 g/mol. The molecule has 1 atom stereocenters. The topological polar surface area (TPSA) is 63.4 Å². The van der Waals surface area contributed by atoms with E-state index < -0.39 is 0 Å². The van der Waals surface area contributed by atoms with Gasteiger partial charge in [0.25, 0.3) is 0 Å². The molecule has 0 bridgehead atoms. The van der Waals surface area contributed by atoms with E-state index in [2.05, 4.69) is 4.98 Å². The Labute approximate surface area is 87.1 Å². The van der Waals surface area contributed by atoms with E-state index in [-0.39, 0.29) is 17.6 Å². The standard InChI is InChI=1S/C10H12N2O3/c1-7(14)12-4-2-3-9(12)10-11-8(5-13)6-15-10/h5-6,9H,2-4H2,1H3/t9-/m1/s1. The van der Waals surface area contributed by atoms with Crippen LogP contribution in [-0.4, -0.2) is 28.6 Å². The Morgan fingerprint density at radius 3 is 3.13 bits per heavy atom. The van der Waals surface area contributed by atoms with Crippen LogP contribution in [0.5, 0.6) is 0 Å². The highest BCUT2D eigenvalue weighted by Crippen LogP contribution is 2.30. The number of nitrogens with zero attached hydrogens (tertiary/aromatic N) is 2. The molecular weight excluding hydrogens is 196 g/mol. The van der Waals surface area contributed by atoms with Crippen molar-refractivity contribution in [2.24, 2.45) is 0 Å². The first kappa shape index (κ1) is 9.89. The van der Waals surface area contributed by atoms with Crippen LogP contribution in [0.2, 0.25) is 0 Å². The van der Waals surface area contributed by atoms with Gasteiger partial charge in [-0.2, -0.15) is 0 Å². The molecule has 1 saturated heterocycles. The maximum Gasteiger partial charge on any atom is 0.220 e. The van der Waals surface area contributed by atoms with Crippen LogP contribution < -0.4 is 0 Å². The van der Waals surface area contributed by atoms with E-state index >= 15 is 0 Å². The van der Waals surface area contributed by atoms with Gasteiger partial charge in [0.1, 0.15) is 18.0 Å². The normalized spacial score (nSPS) is 20.6. The van der Waals surface area contributed by atoms with Crippen LogP contribution in [0.4, 0.5) is 0 Å². The lowest BCUT2D eigenvalue weighted by atomic mass is 10.2. The lowest BCUT2D eigenvalue weighted by molar-refractivity contribution is -0.130. The van der Waals surface area contributed by atoms with Crippen molar-refractivity contribution in [1.82, 2.24) is 9.88 Å². The third-order valence-corrected chi connectivity index (χ3v) is 2.60. The second kappa shape index (κ2) is 3.84. The van der Waals surface area contributed by atoms with Gasteiger partial charge in [-0.05, 0) is 12.8 Å². The summed E-state index contributed by atoms with van der Waals surface area (Å²) in [6, 6.07) is -0.101. The van der Waals surface area contributed by atoms with Crippen LogP contribution in [0.1, 0.15) is 42.2 Å². The third kappa shape index (κ3) is 1.77. The number of oxazole rings is 1. The quantitative estimate of drug-likeness (QED) is 0.684. The Bertz CT molecular complexity index is 386. The van der Waals surface area contributed by atoms with Crippen LogP contribution in [0.25, 0.3) is 0 Å². The van der Waals surface area contributed by atoms with Crippen molar-refractivity contribution in [3.63, 3.8) is 0 Å². The number of likely N-dealkylation sites (tertiary alicyclic amines) is 1. The Kier molecular flexibility index (Phi) is 2.53. The first-order chi connectivity index (χ1) is 7.22. The molecule has 2 heterocycles. The number of aromatic nitrogens is 1. The molecule has 0 saturated carbocycles. The van der Waals surface area contributed by atoms with Gasteiger partial charge in [0.15, 0.2) is 6.29 Å². The first-order valence-corrected chi connectivity index (χ1v) is 4.90. The van der Waals surface area contributed by atoms with Crippen molar-refractivity contribution in [3.05, 3.63) is 17.8 Å². The Morgan fingerprint density at radius 2 is 2.53 bits per heavy atom. The Morgan fingerprint density at radius 1 is 1.73 bits per heavy atom. The van der Waals surface area contributed by atoms with Crippen LogP contribution in [0.3, 0.4) is 0 Å². The number of amides is 1. The number of hydrogen-bond acceptors (Lipinski definition) is 4. The molecule has 1 aliphatic rings. The lowest BCUT2D eigenvalue weighted by Crippen LogP contribution is -2.28. The maximum atomic E-state index is 11.3. The largest absolute Gasteiger partial charge is 0.446 e. The molecule has 1 aromatic rings. The van der Waals surface area contributed by atoms with Crippen molar-refractivity contribution >= 4 is 12.2 Å². The number of rotatable bonds is 2. The molecule has 80 valence electrons. The van der Waals surface area contributed by atoms with Crippen molar-refractivity contribution in [2.45, 2.75) is 25.8 Å². The van der Waals surface area contributed by atoms with Crippen molar-refractivity contribution in [3.8, 4) is 0 Å². The minimum atomic E-state index is -0.101. The minimum Gasteiger partial charge on any atom is -0.446 e. The Balaban J connectivity index is 2.22. The SMILES string of the molecule is CC(=O)N1CCC[C@@H]1c1nc(C=O)co1. The molecule has 1 aliphatic heterocycles. The second-order valence-corrected chi connectivity index (χ2v) is 3.60. The molecule has 2 rings (SSSR count). The van der Waals surface area contributed by atoms with Gasteiger partial charge >= 0.3 is 0 Å². The van der Waals surface area contributed by atoms with Gasteiger partial charge in [-0.3, -0.25) is 9.59 Å². The van der Waals surface area contributed by atoms with Crippen molar-refractivity contribution in [2.75, 3.05) is 6.54 Å². The van der Waals surface area contributed by atoms with Gasteiger partial charge in [-0.25, -0.2) is 4.98 Å². The fraction of sp³-hybridized carbons (Fsp3) is 0.500. The van der Waals surface area contributed by atoms with E-state index in [1.807, 2.05) is 0 Å². The molecule has 5 heteroatoms. The van der Waals surface area contributed by atoms with Gasteiger partial charge in [0, 0.05) is 13.5 Å². The summed E-state index contributed by atoms with van der Waals surface area (Å²) in [6.45, 7) is 2.26. The number of carbonyl (C=O) groups excluding carboxylic acids is 2. The van der Waals surface area contributed by atoms with Gasteiger partial charge in [0.05, 0.1) is 0 Å². The van der Waals surface area contributed by atoms with E-state index in [4.69, 9.17) is 4.42 Å². The smallest absolute Gasteiger partial charge is 0.220 e. The maximum absolute atomic E-state index is 11.3. The van der Waals surface area contributed by atoms with Gasteiger partial charge in [-0.15, -0.1) is 0 Å². The number of hydrogen-bond donors (Lipinski definition) is 0. The number of carbonyl (C=O) groups is 2. The fourth-order valence-corrected chi connectivity index (χ4v) is 1.91. The van der Waals surface area contributed by atoms with Crippen molar-refractivity contribution < 1.29 is 14.0 Å². The summed E-state index contributed by atoms with van der Waals surface area (Å²) in [4.78, 5) is 27.5. The Hall–Kier alpha value is -1.65. The van der Waals surface area contributed by atoms with Crippen LogP contribution in [0.15, 0.2) is 10.7 Å². The molecule has 1 amide bonds. The molecule has 1 aromatic heterocycles. The summed E-state index contributed by atoms with van der Waals surface area (Å²) in [5.74, 6) is 0.480. The molecule has 1 fully saturated rings. The lowest BCUT2D eigenvalue weighted by Gasteiger charge is -2.19. The van der Waals surface area contributed by atoms with Gasteiger partial charge in [0.2, 0.25) is 11.8 Å². The molecular formula is C10H12N2O3.